The summed E-state index contributed by atoms with van der Waals surface area (Å²) in [5.41, 5.74) is 1.04. The second kappa shape index (κ2) is 4.77. The van der Waals surface area contributed by atoms with Crippen LogP contribution < -0.4 is 4.90 Å². The maximum Gasteiger partial charge on any atom is 0.222 e. The van der Waals surface area contributed by atoms with Crippen LogP contribution in [0.3, 0.4) is 0 Å². The number of amides is 1. The number of rotatable bonds is 2. The molecular formula is C12H20N4O. The summed E-state index contributed by atoms with van der Waals surface area (Å²) in [6, 6.07) is 2.09. The Labute approximate surface area is 102 Å². The van der Waals surface area contributed by atoms with Gasteiger partial charge in [0.05, 0.1) is 5.69 Å². The zero-order valence-electron chi connectivity index (χ0n) is 10.8. The molecule has 5 heteroatoms. The van der Waals surface area contributed by atoms with Crippen LogP contribution in [0.4, 0.5) is 5.82 Å². The van der Waals surface area contributed by atoms with E-state index in [2.05, 4.69) is 16.1 Å². The van der Waals surface area contributed by atoms with E-state index in [0.29, 0.717) is 6.42 Å². The Hall–Kier alpha value is -1.52. The maximum atomic E-state index is 11.6. The van der Waals surface area contributed by atoms with E-state index in [9.17, 15) is 4.79 Å². The molecule has 0 spiro atoms. The van der Waals surface area contributed by atoms with E-state index in [4.69, 9.17) is 0 Å². The number of carbonyl (C=O) groups is 1. The lowest BCUT2D eigenvalue weighted by Crippen LogP contribution is -2.49. The van der Waals surface area contributed by atoms with Crippen molar-refractivity contribution < 1.29 is 4.79 Å². The lowest BCUT2D eigenvalue weighted by molar-refractivity contribution is -0.131. The second-order valence-corrected chi connectivity index (χ2v) is 4.49. The molecule has 1 fully saturated rings. The molecule has 1 aliphatic rings. The molecule has 94 valence electrons. The van der Waals surface area contributed by atoms with Crippen LogP contribution in [0, 0.1) is 6.92 Å². The second-order valence-electron chi connectivity index (χ2n) is 4.49. The number of hydrogen-bond acceptors (Lipinski definition) is 3. The zero-order chi connectivity index (χ0) is 12.4. The van der Waals surface area contributed by atoms with Crippen molar-refractivity contribution in [2.45, 2.75) is 20.3 Å². The summed E-state index contributed by atoms with van der Waals surface area (Å²) in [5, 5.41) is 4.35. The fourth-order valence-corrected chi connectivity index (χ4v) is 2.30. The highest BCUT2D eigenvalue weighted by Crippen LogP contribution is 2.17. The van der Waals surface area contributed by atoms with E-state index >= 15 is 0 Å². The van der Waals surface area contributed by atoms with Crippen molar-refractivity contribution in [3.05, 3.63) is 11.8 Å². The highest BCUT2D eigenvalue weighted by atomic mass is 16.2. The summed E-state index contributed by atoms with van der Waals surface area (Å²) >= 11 is 0. The number of piperazine rings is 1. The van der Waals surface area contributed by atoms with Gasteiger partial charge in [-0.15, -0.1) is 0 Å². The van der Waals surface area contributed by atoms with Crippen LogP contribution in [-0.2, 0) is 11.8 Å². The van der Waals surface area contributed by atoms with Gasteiger partial charge in [0.15, 0.2) is 0 Å². The first-order valence-electron chi connectivity index (χ1n) is 6.15. The van der Waals surface area contributed by atoms with Crippen LogP contribution >= 0.6 is 0 Å². The Morgan fingerprint density at radius 3 is 2.47 bits per heavy atom. The molecule has 0 bridgehead atoms. The van der Waals surface area contributed by atoms with Gasteiger partial charge in [-0.3, -0.25) is 9.48 Å². The standard InChI is InChI=1S/C12H20N4O/c1-4-12(17)16-7-5-15(6-8-16)11-9-10(2)13-14(11)3/h9H,4-8H2,1-3H3. The summed E-state index contributed by atoms with van der Waals surface area (Å²) < 4.78 is 1.91. The first-order valence-corrected chi connectivity index (χ1v) is 6.15. The van der Waals surface area contributed by atoms with Crippen molar-refractivity contribution in [2.24, 2.45) is 7.05 Å². The first kappa shape index (κ1) is 12.0. The van der Waals surface area contributed by atoms with Crippen molar-refractivity contribution in [2.75, 3.05) is 31.1 Å². The van der Waals surface area contributed by atoms with Crippen LogP contribution in [0.15, 0.2) is 6.07 Å². The van der Waals surface area contributed by atoms with Gasteiger partial charge in [-0.05, 0) is 6.92 Å². The van der Waals surface area contributed by atoms with Gasteiger partial charge in [-0.2, -0.15) is 5.10 Å². The Kier molecular flexibility index (Phi) is 3.36. The van der Waals surface area contributed by atoms with E-state index in [0.717, 1.165) is 37.7 Å². The maximum absolute atomic E-state index is 11.6. The lowest BCUT2D eigenvalue weighted by Gasteiger charge is -2.35. The van der Waals surface area contributed by atoms with Gasteiger partial charge in [-0.1, -0.05) is 6.92 Å². The molecule has 0 aliphatic carbocycles. The molecule has 1 saturated heterocycles. The molecule has 1 amide bonds. The van der Waals surface area contributed by atoms with Crippen LogP contribution in [0.25, 0.3) is 0 Å². The molecular weight excluding hydrogens is 216 g/mol. The number of nitrogens with zero attached hydrogens (tertiary/aromatic N) is 4. The molecule has 0 saturated carbocycles. The average Bonchev–Trinajstić information content (AvgIpc) is 2.68. The fraction of sp³-hybridized carbons (Fsp3) is 0.667. The van der Waals surface area contributed by atoms with Crippen LogP contribution in [-0.4, -0.2) is 46.8 Å². The summed E-state index contributed by atoms with van der Waals surface area (Å²) in [5.74, 6) is 1.40. The minimum Gasteiger partial charge on any atom is -0.353 e. The molecule has 0 unspecified atom stereocenters. The largest absolute Gasteiger partial charge is 0.353 e. The molecule has 0 radical (unpaired) electrons. The third-order valence-electron chi connectivity index (χ3n) is 3.24. The summed E-state index contributed by atoms with van der Waals surface area (Å²) in [7, 11) is 1.96. The highest BCUT2D eigenvalue weighted by Gasteiger charge is 2.21. The number of hydrogen-bond donors (Lipinski definition) is 0. The zero-order valence-corrected chi connectivity index (χ0v) is 10.8. The quantitative estimate of drug-likeness (QED) is 0.762. The van der Waals surface area contributed by atoms with Crippen molar-refractivity contribution in [3.8, 4) is 0 Å². The molecule has 17 heavy (non-hydrogen) atoms. The molecule has 0 N–H and O–H groups in total. The number of anilines is 1. The molecule has 2 rings (SSSR count). The topological polar surface area (TPSA) is 41.4 Å². The predicted molar refractivity (Wildman–Crippen MR) is 67.0 cm³/mol. The van der Waals surface area contributed by atoms with Crippen LogP contribution in [0.5, 0.6) is 0 Å². The van der Waals surface area contributed by atoms with Crippen molar-refractivity contribution in [1.29, 1.82) is 0 Å². The number of carbonyl (C=O) groups excluding carboxylic acids is 1. The van der Waals surface area contributed by atoms with Gasteiger partial charge in [0.1, 0.15) is 5.82 Å². The molecule has 1 aromatic rings. The Morgan fingerprint density at radius 1 is 1.35 bits per heavy atom. The monoisotopic (exact) mass is 236 g/mol. The van der Waals surface area contributed by atoms with Crippen LogP contribution in [0.1, 0.15) is 19.0 Å². The van der Waals surface area contributed by atoms with Gasteiger partial charge in [0.2, 0.25) is 5.91 Å². The SMILES string of the molecule is CCC(=O)N1CCN(c2cc(C)nn2C)CC1. The third-order valence-corrected chi connectivity index (χ3v) is 3.24. The minimum atomic E-state index is 0.255. The number of aryl methyl sites for hydroxylation is 2. The molecule has 2 heterocycles. The minimum absolute atomic E-state index is 0.255. The predicted octanol–water partition coefficient (Wildman–Crippen LogP) is 0.787. The van der Waals surface area contributed by atoms with E-state index in [1.165, 1.54) is 0 Å². The lowest BCUT2D eigenvalue weighted by atomic mass is 10.3. The van der Waals surface area contributed by atoms with Gasteiger partial charge >= 0.3 is 0 Å². The Bertz CT molecular complexity index is 405. The molecule has 0 aromatic carbocycles. The molecule has 1 aromatic heterocycles. The summed E-state index contributed by atoms with van der Waals surface area (Å²) in [6.07, 6.45) is 0.602. The molecule has 5 nitrogen and oxygen atoms in total. The Balaban J connectivity index is 2.00. The van der Waals surface area contributed by atoms with Gasteiger partial charge < -0.3 is 9.80 Å². The molecule has 1 aliphatic heterocycles. The number of aromatic nitrogens is 2. The van der Waals surface area contributed by atoms with Crippen molar-refractivity contribution in [3.63, 3.8) is 0 Å². The summed E-state index contributed by atoms with van der Waals surface area (Å²) in [4.78, 5) is 15.8. The van der Waals surface area contributed by atoms with E-state index in [1.807, 2.05) is 30.5 Å². The Morgan fingerprint density at radius 2 is 2.00 bits per heavy atom. The van der Waals surface area contributed by atoms with Crippen molar-refractivity contribution in [1.82, 2.24) is 14.7 Å². The van der Waals surface area contributed by atoms with Gasteiger partial charge in [-0.25, -0.2) is 0 Å². The van der Waals surface area contributed by atoms with E-state index in [1.54, 1.807) is 0 Å². The average molecular weight is 236 g/mol. The van der Waals surface area contributed by atoms with Crippen LogP contribution in [0.2, 0.25) is 0 Å². The third kappa shape index (κ3) is 2.43. The first-order chi connectivity index (χ1) is 8.11. The highest BCUT2D eigenvalue weighted by molar-refractivity contribution is 5.76. The van der Waals surface area contributed by atoms with Gasteiger partial charge in [0, 0.05) is 45.7 Å². The van der Waals surface area contributed by atoms with Gasteiger partial charge in [0.25, 0.3) is 0 Å². The normalized spacial score (nSPS) is 16.4. The van der Waals surface area contributed by atoms with E-state index < -0.39 is 0 Å². The van der Waals surface area contributed by atoms with E-state index in [-0.39, 0.29) is 5.91 Å². The summed E-state index contributed by atoms with van der Waals surface area (Å²) in [6.45, 7) is 7.34. The van der Waals surface area contributed by atoms with Crippen molar-refractivity contribution >= 4 is 11.7 Å². The molecule has 0 atom stereocenters. The smallest absolute Gasteiger partial charge is 0.222 e. The fourth-order valence-electron chi connectivity index (χ4n) is 2.30.